The zero-order valence-electron chi connectivity index (χ0n) is 16.1. The van der Waals surface area contributed by atoms with E-state index in [0.717, 1.165) is 34.5 Å². The van der Waals surface area contributed by atoms with E-state index in [9.17, 15) is 14.3 Å². The number of carbonyl (C=O) groups is 1. The van der Waals surface area contributed by atoms with Gasteiger partial charge in [0.15, 0.2) is 0 Å². The number of hydrogen-bond acceptors (Lipinski definition) is 3. The quantitative estimate of drug-likeness (QED) is 0.633. The molecule has 1 N–H and O–H groups in total. The standard InChI is InChI=1S/C22H24FN3O2/c1-3-12-25(15-21(27)28)13-18-14-26(20-10-8-19(23)9-11-20)24-22(18)17-6-4-16(2)5-7-17/h4-11,14H,3,12-13,15H2,1-2H3,(H,27,28). The molecule has 1 heterocycles. The molecule has 0 aliphatic carbocycles. The van der Waals surface area contributed by atoms with Crippen molar-refractivity contribution in [3.05, 3.63) is 71.7 Å². The Balaban J connectivity index is 2.01. The average molecular weight is 381 g/mol. The number of carboxylic acid groups (broad SMARTS) is 1. The lowest BCUT2D eigenvalue weighted by Gasteiger charge is -2.19. The van der Waals surface area contributed by atoms with Gasteiger partial charge in [-0.15, -0.1) is 0 Å². The lowest BCUT2D eigenvalue weighted by atomic mass is 10.1. The van der Waals surface area contributed by atoms with Gasteiger partial charge >= 0.3 is 5.97 Å². The third-order valence-corrected chi connectivity index (χ3v) is 4.50. The van der Waals surface area contributed by atoms with Crippen molar-refractivity contribution in [1.82, 2.24) is 14.7 Å². The highest BCUT2D eigenvalue weighted by atomic mass is 19.1. The van der Waals surface area contributed by atoms with Gasteiger partial charge in [0.2, 0.25) is 0 Å². The van der Waals surface area contributed by atoms with Gasteiger partial charge in [-0.25, -0.2) is 9.07 Å². The van der Waals surface area contributed by atoms with Gasteiger partial charge in [0.1, 0.15) is 5.82 Å². The summed E-state index contributed by atoms with van der Waals surface area (Å²) in [6.07, 6.45) is 2.76. The van der Waals surface area contributed by atoms with Crippen LogP contribution in [0.2, 0.25) is 0 Å². The van der Waals surface area contributed by atoms with Gasteiger partial charge in [0.25, 0.3) is 0 Å². The summed E-state index contributed by atoms with van der Waals surface area (Å²) in [5, 5.41) is 13.9. The topological polar surface area (TPSA) is 58.4 Å². The summed E-state index contributed by atoms with van der Waals surface area (Å²) in [7, 11) is 0. The number of aromatic nitrogens is 2. The molecule has 5 nitrogen and oxygen atoms in total. The first-order chi connectivity index (χ1) is 13.5. The Morgan fingerprint density at radius 3 is 2.43 bits per heavy atom. The highest BCUT2D eigenvalue weighted by molar-refractivity contribution is 5.69. The van der Waals surface area contributed by atoms with E-state index in [2.05, 4.69) is 0 Å². The van der Waals surface area contributed by atoms with E-state index in [1.54, 1.807) is 16.8 Å². The normalized spacial score (nSPS) is 11.1. The third kappa shape index (κ3) is 4.84. The van der Waals surface area contributed by atoms with Crippen LogP contribution in [-0.4, -0.2) is 38.8 Å². The fourth-order valence-corrected chi connectivity index (χ4v) is 3.17. The zero-order chi connectivity index (χ0) is 20.1. The lowest BCUT2D eigenvalue weighted by molar-refractivity contribution is -0.138. The number of benzene rings is 2. The molecule has 0 radical (unpaired) electrons. The van der Waals surface area contributed by atoms with Crippen LogP contribution >= 0.6 is 0 Å². The first-order valence-electron chi connectivity index (χ1n) is 9.32. The summed E-state index contributed by atoms with van der Waals surface area (Å²) in [5.74, 6) is -1.15. The summed E-state index contributed by atoms with van der Waals surface area (Å²) in [6.45, 7) is 5.18. The number of hydrogen-bond donors (Lipinski definition) is 1. The molecule has 0 fully saturated rings. The summed E-state index contributed by atoms with van der Waals surface area (Å²) in [6, 6.07) is 14.2. The SMILES string of the molecule is CCCN(CC(=O)O)Cc1cn(-c2ccc(F)cc2)nc1-c1ccc(C)cc1. The van der Waals surface area contributed by atoms with Crippen LogP contribution in [0.15, 0.2) is 54.7 Å². The van der Waals surface area contributed by atoms with E-state index in [4.69, 9.17) is 5.10 Å². The van der Waals surface area contributed by atoms with Gasteiger partial charge in [-0.3, -0.25) is 9.69 Å². The van der Waals surface area contributed by atoms with Crippen molar-refractivity contribution < 1.29 is 14.3 Å². The minimum atomic E-state index is -0.851. The Kier molecular flexibility index (Phi) is 6.21. The van der Waals surface area contributed by atoms with E-state index in [1.165, 1.54) is 12.1 Å². The molecule has 6 heteroatoms. The molecule has 3 rings (SSSR count). The smallest absolute Gasteiger partial charge is 0.317 e. The Labute approximate surface area is 164 Å². The maximum atomic E-state index is 13.3. The second-order valence-corrected chi connectivity index (χ2v) is 6.89. The minimum absolute atomic E-state index is 0.0249. The lowest BCUT2D eigenvalue weighted by Crippen LogP contribution is -2.30. The summed E-state index contributed by atoms with van der Waals surface area (Å²) >= 11 is 0. The maximum absolute atomic E-state index is 13.3. The first-order valence-corrected chi connectivity index (χ1v) is 9.32. The summed E-state index contributed by atoms with van der Waals surface area (Å²) in [4.78, 5) is 13.1. The highest BCUT2D eigenvalue weighted by Crippen LogP contribution is 2.25. The summed E-state index contributed by atoms with van der Waals surface area (Å²) < 4.78 is 15.0. The van der Waals surface area contributed by atoms with Crippen molar-refractivity contribution in [1.29, 1.82) is 0 Å². The van der Waals surface area contributed by atoms with Crippen LogP contribution in [0, 0.1) is 12.7 Å². The molecular weight excluding hydrogens is 357 g/mol. The van der Waals surface area contributed by atoms with Crippen molar-refractivity contribution in [3.63, 3.8) is 0 Å². The first kappa shape index (κ1) is 19.8. The van der Waals surface area contributed by atoms with Gasteiger partial charge in [0.05, 0.1) is 17.9 Å². The Hall–Kier alpha value is -2.99. The predicted octanol–water partition coefficient (Wildman–Crippen LogP) is 4.28. The number of nitrogens with zero attached hydrogens (tertiary/aromatic N) is 3. The Morgan fingerprint density at radius 1 is 1.14 bits per heavy atom. The highest BCUT2D eigenvalue weighted by Gasteiger charge is 2.17. The molecule has 0 bridgehead atoms. The molecule has 0 aliphatic heterocycles. The van der Waals surface area contributed by atoms with Gasteiger partial charge in [-0.1, -0.05) is 36.8 Å². The van der Waals surface area contributed by atoms with Gasteiger partial charge in [-0.2, -0.15) is 5.10 Å². The van der Waals surface area contributed by atoms with Crippen molar-refractivity contribution in [3.8, 4) is 16.9 Å². The van der Waals surface area contributed by atoms with Crippen LogP contribution in [-0.2, 0) is 11.3 Å². The number of carboxylic acids is 1. The van der Waals surface area contributed by atoms with E-state index >= 15 is 0 Å². The van der Waals surface area contributed by atoms with Crippen molar-refractivity contribution in [2.75, 3.05) is 13.1 Å². The Morgan fingerprint density at radius 2 is 1.82 bits per heavy atom. The van der Waals surface area contributed by atoms with Gasteiger partial charge < -0.3 is 5.11 Å². The zero-order valence-corrected chi connectivity index (χ0v) is 16.1. The van der Waals surface area contributed by atoms with E-state index in [-0.39, 0.29) is 12.4 Å². The summed E-state index contributed by atoms with van der Waals surface area (Å²) in [5.41, 5.74) is 4.61. The average Bonchev–Trinajstić information content (AvgIpc) is 3.06. The Bertz CT molecular complexity index is 933. The molecule has 0 unspecified atom stereocenters. The van der Waals surface area contributed by atoms with E-state index in [0.29, 0.717) is 13.1 Å². The molecule has 0 saturated carbocycles. The van der Waals surface area contributed by atoms with Crippen molar-refractivity contribution in [2.24, 2.45) is 0 Å². The second kappa shape index (κ2) is 8.80. The van der Waals surface area contributed by atoms with Gasteiger partial charge in [-0.05, 0) is 44.2 Å². The monoisotopic (exact) mass is 381 g/mol. The van der Waals surface area contributed by atoms with Crippen LogP contribution in [0.25, 0.3) is 16.9 Å². The van der Waals surface area contributed by atoms with E-state index in [1.807, 2.05) is 49.2 Å². The molecule has 0 amide bonds. The van der Waals surface area contributed by atoms with E-state index < -0.39 is 5.97 Å². The van der Waals surface area contributed by atoms with Crippen LogP contribution in [0.1, 0.15) is 24.5 Å². The predicted molar refractivity (Wildman–Crippen MR) is 107 cm³/mol. The molecule has 2 aromatic carbocycles. The number of aryl methyl sites for hydroxylation is 1. The molecule has 0 aliphatic rings. The second-order valence-electron chi connectivity index (χ2n) is 6.89. The molecule has 28 heavy (non-hydrogen) atoms. The van der Waals surface area contributed by atoms with Crippen molar-refractivity contribution in [2.45, 2.75) is 26.8 Å². The minimum Gasteiger partial charge on any atom is -0.480 e. The van der Waals surface area contributed by atoms with Crippen molar-refractivity contribution >= 4 is 5.97 Å². The number of aliphatic carboxylic acids is 1. The van der Waals surface area contributed by atoms with Gasteiger partial charge in [0, 0.05) is 23.9 Å². The van der Waals surface area contributed by atoms with Crippen LogP contribution in [0.4, 0.5) is 4.39 Å². The molecule has 1 aromatic heterocycles. The molecule has 0 atom stereocenters. The molecule has 146 valence electrons. The third-order valence-electron chi connectivity index (χ3n) is 4.50. The van der Waals surface area contributed by atoms with Crippen LogP contribution in [0.3, 0.4) is 0 Å². The fourth-order valence-electron chi connectivity index (χ4n) is 3.17. The number of halogens is 1. The molecular formula is C22H24FN3O2. The van der Waals surface area contributed by atoms with Crippen LogP contribution in [0.5, 0.6) is 0 Å². The molecule has 0 saturated heterocycles. The van der Waals surface area contributed by atoms with Crippen LogP contribution < -0.4 is 0 Å². The largest absolute Gasteiger partial charge is 0.480 e. The molecule has 3 aromatic rings. The molecule has 0 spiro atoms. The number of rotatable bonds is 8. The fraction of sp³-hybridized carbons (Fsp3) is 0.273. The maximum Gasteiger partial charge on any atom is 0.317 e.